The number of cyclic esters (lactones) is 1. The monoisotopic (exact) mass is 682 g/mol. The largest absolute Gasteiger partial charge is 0.496 e. The van der Waals surface area contributed by atoms with Crippen LogP contribution < -0.4 is 9.64 Å². The number of anilines is 1. The van der Waals surface area contributed by atoms with Gasteiger partial charge in [0.15, 0.2) is 0 Å². The van der Waals surface area contributed by atoms with Crippen molar-refractivity contribution < 1.29 is 50.1 Å². The predicted octanol–water partition coefficient (Wildman–Crippen LogP) is 9.58. The van der Waals surface area contributed by atoms with Gasteiger partial charge in [-0.2, -0.15) is 26.3 Å². The van der Waals surface area contributed by atoms with Crippen molar-refractivity contribution in [1.82, 2.24) is 4.90 Å². The van der Waals surface area contributed by atoms with E-state index in [1.807, 2.05) is 12.1 Å². The van der Waals surface area contributed by atoms with Gasteiger partial charge in [0.2, 0.25) is 0 Å². The average Bonchev–Trinajstić information content (AvgIpc) is 3.50. The highest BCUT2D eigenvalue weighted by Crippen LogP contribution is 2.48. The Morgan fingerprint density at radius 3 is 2.17 bits per heavy atom. The van der Waals surface area contributed by atoms with E-state index in [9.17, 15) is 35.9 Å². The van der Waals surface area contributed by atoms with E-state index in [4.69, 9.17) is 14.2 Å². The molecule has 5 rings (SSSR count). The van der Waals surface area contributed by atoms with E-state index in [0.717, 1.165) is 28.7 Å². The zero-order chi connectivity index (χ0) is 35.6. The summed E-state index contributed by atoms with van der Waals surface area (Å²) >= 11 is 0. The molecular weight excluding hydrogens is 642 g/mol. The molecule has 0 unspecified atom stereocenters. The number of halogens is 6. The summed E-state index contributed by atoms with van der Waals surface area (Å²) in [6, 6.07) is 4.17. The number of fused-ring (bicyclic) bond motifs is 1. The number of carbonyl (C=O) groups excluding carboxylic acids is 2. The normalized spacial score (nSPS) is 21.4. The van der Waals surface area contributed by atoms with Gasteiger partial charge >= 0.3 is 24.5 Å². The van der Waals surface area contributed by atoms with Crippen LogP contribution in [0.15, 0.2) is 35.9 Å². The molecule has 0 bridgehead atoms. The van der Waals surface area contributed by atoms with Crippen molar-refractivity contribution in [3.63, 3.8) is 0 Å². The highest BCUT2D eigenvalue weighted by Gasteiger charge is 2.44. The van der Waals surface area contributed by atoms with Gasteiger partial charge in [0.1, 0.15) is 17.5 Å². The number of amides is 2. The van der Waals surface area contributed by atoms with Crippen LogP contribution in [-0.2, 0) is 28.2 Å². The molecule has 7 nitrogen and oxygen atoms in total. The highest BCUT2D eigenvalue weighted by atomic mass is 19.4. The molecule has 0 radical (unpaired) electrons. The molecule has 48 heavy (non-hydrogen) atoms. The van der Waals surface area contributed by atoms with Crippen LogP contribution in [0, 0.1) is 5.41 Å². The summed E-state index contributed by atoms with van der Waals surface area (Å²) in [4.78, 5) is 29.3. The first-order chi connectivity index (χ1) is 22.1. The van der Waals surface area contributed by atoms with Gasteiger partial charge in [0.05, 0.1) is 30.0 Å². The van der Waals surface area contributed by atoms with Crippen molar-refractivity contribution in [2.45, 2.75) is 97.3 Å². The van der Waals surface area contributed by atoms with Gasteiger partial charge in [0, 0.05) is 18.7 Å². The zero-order valence-corrected chi connectivity index (χ0v) is 28.0. The molecule has 2 aromatic carbocycles. The Balaban J connectivity index is 1.53. The summed E-state index contributed by atoms with van der Waals surface area (Å²) in [6.45, 7) is 11.6. The van der Waals surface area contributed by atoms with Crippen LogP contribution in [0.2, 0.25) is 0 Å². The Hall–Kier alpha value is -3.90. The van der Waals surface area contributed by atoms with E-state index >= 15 is 0 Å². The number of benzene rings is 2. The minimum Gasteiger partial charge on any atom is -0.496 e. The fraction of sp³-hybridized carbons (Fsp3) is 0.543. The second kappa shape index (κ2) is 12.2. The van der Waals surface area contributed by atoms with Crippen LogP contribution in [0.25, 0.3) is 5.57 Å². The molecule has 2 amide bonds. The molecular formula is C35H40F6N2O5. The van der Waals surface area contributed by atoms with Crippen molar-refractivity contribution in [3.8, 4) is 5.75 Å². The SMILES string of the molecule is COc1cc2c(cc1C1=C(CN3C(=O)O[C@H](c4cc(C(F)(F)F)cc(C(F)(F)F)c4)[C@@H]3C)CC(C)(C)CC1)N(C(=O)OC(C)(C)C)CC2. The first kappa shape index (κ1) is 35.4. The first-order valence-electron chi connectivity index (χ1n) is 15.8. The van der Waals surface area contributed by atoms with Crippen molar-refractivity contribution in [2.24, 2.45) is 5.41 Å². The van der Waals surface area contributed by atoms with Crippen molar-refractivity contribution in [3.05, 3.63) is 63.7 Å². The van der Waals surface area contributed by atoms with Gasteiger partial charge in [-0.3, -0.25) is 9.80 Å². The molecule has 1 fully saturated rings. The number of carbonyl (C=O) groups is 2. The molecule has 2 aromatic rings. The van der Waals surface area contributed by atoms with Crippen LogP contribution >= 0.6 is 0 Å². The molecule has 13 heteroatoms. The lowest BCUT2D eigenvalue weighted by Crippen LogP contribution is -2.36. The van der Waals surface area contributed by atoms with Crippen LogP contribution in [0.5, 0.6) is 5.75 Å². The Labute approximate surface area is 275 Å². The Bertz CT molecular complexity index is 1610. The third-order valence-corrected chi connectivity index (χ3v) is 9.10. The number of methoxy groups -OCH3 is 1. The summed E-state index contributed by atoms with van der Waals surface area (Å²) < 4.78 is 98.6. The molecule has 0 saturated carbocycles. The topological polar surface area (TPSA) is 68.3 Å². The van der Waals surface area contributed by atoms with E-state index in [1.165, 1.54) is 4.90 Å². The fourth-order valence-corrected chi connectivity index (χ4v) is 6.72. The third kappa shape index (κ3) is 7.24. The number of allylic oxidation sites excluding steroid dienone is 1. The smallest absolute Gasteiger partial charge is 0.416 e. The second-order valence-corrected chi connectivity index (χ2v) is 14.5. The molecule has 1 saturated heterocycles. The van der Waals surface area contributed by atoms with Crippen molar-refractivity contribution >= 4 is 23.4 Å². The maximum absolute atomic E-state index is 13.6. The minimum atomic E-state index is -5.04. The minimum absolute atomic E-state index is 0.0381. The van der Waals surface area contributed by atoms with Crippen LogP contribution in [0.3, 0.4) is 0 Å². The van der Waals surface area contributed by atoms with Crippen LogP contribution in [-0.4, -0.2) is 48.9 Å². The number of hydrogen-bond acceptors (Lipinski definition) is 5. The van der Waals surface area contributed by atoms with Crippen LogP contribution in [0.1, 0.15) is 94.7 Å². The van der Waals surface area contributed by atoms with Crippen molar-refractivity contribution in [2.75, 3.05) is 25.1 Å². The lowest BCUT2D eigenvalue weighted by atomic mass is 9.72. The van der Waals surface area contributed by atoms with Gasteiger partial charge < -0.3 is 14.2 Å². The number of alkyl halides is 6. The summed E-state index contributed by atoms with van der Waals surface area (Å²) in [7, 11) is 1.55. The Morgan fingerprint density at radius 2 is 1.60 bits per heavy atom. The molecule has 0 spiro atoms. The van der Waals surface area contributed by atoms with Gasteiger partial charge in [0.25, 0.3) is 0 Å². The molecule has 0 aromatic heterocycles. The molecule has 2 heterocycles. The van der Waals surface area contributed by atoms with Gasteiger partial charge in [-0.05, 0) is 111 Å². The summed E-state index contributed by atoms with van der Waals surface area (Å²) in [6.07, 6.45) is -10.2. The summed E-state index contributed by atoms with van der Waals surface area (Å²) in [5.74, 6) is 0.588. The quantitative estimate of drug-likeness (QED) is 0.294. The number of rotatable bonds is 5. The number of ether oxygens (including phenoxy) is 3. The van der Waals surface area contributed by atoms with E-state index in [0.29, 0.717) is 49.4 Å². The molecule has 3 aliphatic rings. The van der Waals surface area contributed by atoms with E-state index in [-0.39, 0.29) is 23.6 Å². The molecule has 2 aliphatic heterocycles. The Kier molecular flexibility index (Phi) is 9.01. The van der Waals surface area contributed by atoms with Crippen molar-refractivity contribution in [1.29, 1.82) is 0 Å². The molecule has 262 valence electrons. The van der Waals surface area contributed by atoms with E-state index in [1.54, 1.807) is 39.7 Å². The number of hydrogen-bond donors (Lipinski definition) is 0. The third-order valence-electron chi connectivity index (χ3n) is 9.10. The Morgan fingerprint density at radius 1 is 0.979 bits per heavy atom. The highest BCUT2D eigenvalue weighted by molar-refractivity contribution is 5.92. The second-order valence-electron chi connectivity index (χ2n) is 14.5. The average molecular weight is 683 g/mol. The van der Waals surface area contributed by atoms with E-state index in [2.05, 4.69) is 13.8 Å². The molecule has 1 aliphatic carbocycles. The van der Waals surface area contributed by atoms with Gasteiger partial charge in [-0.15, -0.1) is 0 Å². The summed E-state index contributed by atoms with van der Waals surface area (Å²) in [5.41, 5.74) is -0.101. The maximum Gasteiger partial charge on any atom is 0.416 e. The van der Waals surface area contributed by atoms with Crippen LogP contribution in [0.4, 0.5) is 41.6 Å². The number of nitrogens with zero attached hydrogens (tertiary/aromatic N) is 2. The van der Waals surface area contributed by atoms with E-state index < -0.39 is 53.4 Å². The fourth-order valence-electron chi connectivity index (χ4n) is 6.72. The zero-order valence-electron chi connectivity index (χ0n) is 28.0. The first-order valence-corrected chi connectivity index (χ1v) is 15.8. The standard InChI is InChI=1S/C35H40F6N2O5/c1-19-29(21-12-23(34(36,37)38)15-24(13-21)35(39,40)41)47-30(44)43(19)18-22-17-33(5,6)10-8-25(22)26-16-27-20(14-28(26)46-7)9-11-42(27)31(45)48-32(2,3)4/h12-16,19,29H,8-11,17-18H2,1-7H3/t19-,29-/m0/s1. The molecule has 2 atom stereocenters. The summed E-state index contributed by atoms with van der Waals surface area (Å²) in [5, 5.41) is 0. The lowest BCUT2D eigenvalue weighted by molar-refractivity contribution is -0.143. The van der Waals surface area contributed by atoms with Gasteiger partial charge in [-0.25, -0.2) is 9.59 Å². The lowest BCUT2D eigenvalue weighted by Gasteiger charge is -2.36. The van der Waals surface area contributed by atoms with Gasteiger partial charge in [-0.1, -0.05) is 13.8 Å². The maximum atomic E-state index is 13.6. The molecule has 0 N–H and O–H groups in total. The predicted molar refractivity (Wildman–Crippen MR) is 167 cm³/mol.